The number of anilines is 1. The molecule has 3 N–H and O–H groups in total. The van der Waals surface area contributed by atoms with E-state index in [0.717, 1.165) is 23.7 Å². The lowest BCUT2D eigenvalue weighted by Gasteiger charge is -2.33. The molecule has 11 nitrogen and oxygen atoms in total. The van der Waals surface area contributed by atoms with Crippen LogP contribution < -0.4 is 15.8 Å². The zero-order chi connectivity index (χ0) is 27.4. The van der Waals surface area contributed by atoms with Crippen molar-refractivity contribution in [2.24, 2.45) is 5.73 Å². The number of carbonyl (C=O) groups excluding carboxylic acids is 2. The monoisotopic (exact) mass is 521 g/mol. The van der Waals surface area contributed by atoms with Crippen LogP contribution in [0.3, 0.4) is 0 Å². The molecule has 2 aromatic heterocycles. The average molecular weight is 522 g/mol. The highest BCUT2D eigenvalue weighted by molar-refractivity contribution is 6.24. The molecule has 202 valence electrons. The molecule has 38 heavy (non-hydrogen) atoms. The van der Waals surface area contributed by atoms with Crippen LogP contribution in [0.2, 0.25) is 0 Å². The highest BCUT2D eigenvalue weighted by atomic mass is 16.6. The second-order valence-electron chi connectivity index (χ2n) is 10.5. The maximum absolute atomic E-state index is 13.1. The highest BCUT2D eigenvalue weighted by Crippen LogP contribution is 2.33. The van der Waals surface area contributed by atoms with Crippen molar-refractivity contribution < 1.29 is 19.1 Å². The molecule has 1 saturated heterocycles. The molecule has 0 radical (unpaired) electrons. The molecule has 0 aliphatic carbocycles. The van der Waals surface area contributed by atoms with E-state index in [1.807, 2.05) is 57.6 Å². The minimum atomic E-state index is -0.522. The highest BCUT2D eigenvalue weighted by Gasteiger charge is 2.28. The van der Waals surface area contributed by atoms with E-state index in [9.17, 15) is 9.59 Å². The van der Waals surface area contributed by atoms with Gasteiger partial charge in [-0.2, -0.15) is 5.10 Å². The Morgan fingerprint density at radius 1 is 1.16 bits per heavy atom. The summed E-state index contributed by atoms with van der Waals surface area (Å²) >= 11 is 0. The maximum atomic E-state index is 13.1. The molecule has 3 aromatic rings. The molecule has 4 rings (SSSR count). The van der Waals surface area contributed by atoms with E-state index in [2.05, 4.69) is 15.3 Å². The van der Waals surface area contributed by atoms with Crippen molar-refractivity contribution >= 4 is 34.2 Å². The van der Waals surface area contributed by atoms with E-state index in [1.54, 1.807) is 23.4 Å². The van der Waals surface area contributed by atoms with Crippen LogP contribution in [0.1, 0.15) is 59.3 Å². The predicted molar refractivity (Wildman–Crippen MR) is 144 cm³/mol. The smallest absolute Gasteiger partial charge is 0.410 e. The first-order chi connectivity index (χ1) is 18.0. The van der Waals surface area contributed by atoms with E-state index < -0.39 is 11.5 Å². The third-order valence-electron chi connectivity index (χ3n) is 5.94. The van der Waals surface area contributed by atoms with Gasteiger partial charge in [0, 0.05) is 49.3 Å². The van der Waals surface area contributed by atoms with Crippen LogP contribution in [0.25, 0.3) is 16.5 Å². The van der Waals surface area contributed by atoms with E-state index in [0.29, 0.717) is 24.5 Å². The first kappa shape index (κ1) is 26.9. The van der Waals surface area contributed by atoms with Gasteiger partial charge in [-0.3, -0.25) is 9.48 Å². The summed E-state index contributed by atoms with van der Waals surface area (Å²) in [6.07, 6.45) is 7.34. The lowest BCUT2D eigenvalue weighted by Crippen LogP contribution is -2.42. The number of rotatable bonds is 6. The quantitative estimate of drug-likeness (QED) is 0.462. The Morgan fingerprint density at radius 2 is 1.84 bits per heavy atom. The van der Waals surface area contributed by atoms with Gasteiger partial charge in [-0.05, 0) is 59.6 Å². The van der Waals surface area contributed by atoms with Crippen LogP contribution in [0, 0.1) is 0 Å². The zero-order valence-corrected chi connectivity index (χ0v) is 22.5. The van der Waals surface area contributed by atoms with Gasteiger partial charge in [0.1, 0.15) is 11.4 Å². The topological polar surface area (TPSA) is 137 Å². The summed E-state index contributed by atoms with van der Waals surface area (Å²) in [6.45, 7) is 10.6. The van der Waals surface area contributed by atoms with Crippen LogP contribution in [0.15, 0.2) is 43.0 Å². The van der Waals surface area contributed by atoms with Gasteiger partial charge in [0.15, 0.2) is 5.82 Å². The molecule has 1 aliphatic heterocycles. The lowest BCUT2D eigenvalue weighted by molar-refractivity contribution is -0.111. The minimum absolute atomic E-state index is 0.121. The normalized spacial score (nSPS) is 15.1. The van der Waals surface area contributed by atoms with Gasteiger partial charge >= 0.3 is 6.09 Å². The lowest BCUT2D eigenvalue weighted by atomic mass is 10.1. The number of piperidine rings is 1. The molecule has 0 spiro atoms. The van der Waals surface area contributed by atoms with E-state index in [-0.39, 0.29) is 29.6 Å². The van der Waals surface area contributed by atoms with Crippen LogP contribution in [0.4, 0.5) is 10.5 Å². The zero-order valence-electron chi connectivity index (χ0n) is 22.5. The van der Waals surface area contributed by atoms with Crippen LogP contribution in [-0.4, -0.2) is 61.4 Å². The van der Waals surface area contributed by atoms with Gasteiger partial charge in [0.2, 0.25) is 0 Å². The number of hydrogen-bond acceptors (Lipinski definition) is 8. The summed E-state index contributed by atoms with van der Waals surface area (Å²) in [7, 11) is 0. The van der Waals surface area contributed by atoms with Crippen LogP contribution in [0.5, 0.6) is 5.75 Å². The molecular formula is C27H35N7O4. The Morgan fingerprint density at radius 3 is 2.45 bits per heavy atom. The van der Waals surface area contributed by atoms with E-state index in [1.165, 1.54) is 6.20 Å². The molecule has 0 atom stereocenters. The number of likely N-dealkylation sites (tertiary alicyclic amines) is 1. The van der Waals surface area contributed by atoms with E-state index in [4.69, 9.17) is 20.3 Å². The van der Waals surface area contributed by atoms with Crippen molar-refractivity contribution in [3.63, 3.8) is 0 Å². The number of hydrogen-bond donors (Lipinski definition) is 2. The fourth-order valence-electron chi connectivity index (χ4n) is 4.23. The van der Waals surface area contributed by atoms with Crippen molar-refractivity contribution in [3.8, 4) is 5.75 Å². The number of amides is 2. The molecule has 1 aliphatic rings. The number of nitrogens with zero attached hydrogens (tertiary/aromatic N) is 5. The van der Waals surface area contributed by atoms with E-state index >= 15 is 0 Å². The second-order valence-corrected chi connectivity index (χ2v) is 10.5. The van der Waals surface area contributed by atoms with Gasteiger partial charge in [-0.1, -0.05) is 0 Å². The average Bonchev–Trinajstić information content (AvgIpc) is 3.27. The summed E-state index contributed by atoms with van der Waals surface area (Å²) in [6, 6.07) is 5.46. The summed E-state index contributed by atoms with van der Waals surface area (Å²) in [5.41, 5.74) is 6.59. The number of ether oxygens (including phenoxy) is 2. The second kappa shape index (κ2) is 11.1. The number of nitrogens with two attached hydrogens (primary N) is 1. The molecule has 11 heteroatoms. The van der Waals surface area contributed by atoms with Gasteiger partial charge in [-0.25, -0.2) is 14.8 Å². The Balaban J connectivity index is 1.54. The molecule has 0 unspecified atom stereocenters. The molecule has 1 fully saturated rings. The summed E-state index contributed by atoms with van der Waals surface area (Å²) in [5.74, 6) is 0.273. The number of benzene rings is 1. The summed E-state index contributed by atoms with van der Waals surface area (Å²) in [5, 5.41) is 8.53. The molecule has 1 aromatic carbocycles. The standard InChI is InChI=1S/C27H35N7O4/c1-17(2)37-23-14-21-18(13-22(23)31-25(35)20(15-28)24-29-9-6-10-30-24)16-34(32-21)19-7-11-33(12-8-19)26(36)38-27(3,4)5/h6,9-10,13-17,19H,7-8,11-12,28H2,1-5H3,(H,31,35). The number of carbonyl (C=O) groups is 2. The Labute approximate surface area is 222 Å². The van der Waals surface area contributed by atoms with Crippen molar-refractivity contribution in [1.29, 1.82) is 0 Å². The predicted octanol–water partition coefficient (Wildman–Crippen LogP) is 4.12. The third kappa shape index (κ3) is 6.39. The first-order valence-electron chi connectivity index (χ1n) is 12.7. The Kier molecular flexibility index (Phi) is 7.84. The fraction of sp³-hybridized carbons (Fsp3) is 0.444. The molecule has 0 saturated carbocycles. The van der Waals surface area contributed by atoms with Crippen molar-refractivity contribution in [3.05, 3.63) is 48.8 Å². The SMILES string of the molecule is CC(C)Oc1cc2nn(C3CCN(C(=O)OC(C)(C)C)CC3)cc2cc1NC(=O)C(=CN)c1ncccn1. The number of aromatic nitrogens is 4. The van der Waals surface area contributed by atoms with Crippen LogP contribution in [-0.2, 0) is 9.53 Å². The summed E-state index contributed by atoms with van der Waals surface area (Å²) < 4.78 is 13.4. The first-order valence-corrected chi connectivity index (χ1v) is 12.7. The van der Waals surface area contributed by atoms with Gasteiger partial charge in [-0.15, -0.1) is 0 Å². The van der Waals surface area contributed by atoms with Gasteiger partial charge in [0.25, 0.3) is 5.91 Å². The summed E-state index contributed by atoms with van der Waals surface area (Å²) in [4.78, 5) is 35.5. The molecule has 3 heterocycles. The fourth-order valence-corrected chi connectivity index (χ4v) is 4.23. The maximum Gasteiger partial charge on any atom is 0.410 e. The number of nitrogens with one attached hydrogen (secondary N) is 1. The minimum Gasteiger partial charge on any atom is -0.489 e. The molecule has 2 amide bonds. The third-order valence-corrected chi connectivity index (χ3v) is 5.94. The van der Waals surface area contributed by atoms with Crippen LogP contribution >= 0.6 is 0 Å². The van der Waals surface area contributed by atoms with Crippen molar-refractivity contribution in [2.75, 3.05) is 18.4 Å². The molecular weight excluding hydrogens is 486 g/mol. The van der Waals surface area contributed by atoms with Gasteiger partial charge < -0.3 is 25.4 Å². The molecule has 0 bridgehead atoms. The Bertz CT molecular complexity index is 1320. The Hall–Kier alpha value is -4.15. The van der Waals surface area contributed by atoms with Crippen molar-refractivity contribution in [1.82, 2.24) is 24.6 Å². The number of fused-ring (bicyclic) bond motifs is 1. The van der Waals surface area contributed by atoms with Crippen molar-refractivity contribution in [2.45, 2.75) is 65.2 Å². The van der Waals surface area contributed by atoms with Gasteiger partial charge in [0.05, 0.1) is 28.9 Å². The largest absolute Gasteiger partial charge is 0.489 e.